The molecule has 1 saturated heterocycles. The summed E-state index contributed by atoms with van der Waals surface area (Å²) < 4.78 is 35.2. The van der Waals surface area contributed by atoms with Gasteiger partial charge in [-0.2, -0.15) is 4.98 Å². The van der Waals surface area contributed by atoms with Gasteiger partial charge in [0.1, 0.15) is 24.4 Å². The van der Waals surface area contributed by atoms with E-state index in [9.17, 15) is 37.5 Å². The molecule has 2 aromatic carbocycles. The highest BCUT2D eigenvalue weighted by atomic mass is 32.2. The van der Waals surface area contributed by atoms with E-state index in [0.29, 0.717) is 17.0 Å². The topological polar surface area (TPSA) is 248 Å². The quantitative estimate of drug-likeness (QED) is 0.131. The second-order valence-electron chi connectivity index (χ2n) is 17.4. The Morgan fingerprint density at radius 3 is 2.51 bits per heavy atom. The minimum Gasteiger partial charge on any atom is -0.492 e. The number of amides is 3. The maximum Gasteiger partial charge on any atom is 0.333 e. The number of aliphatic hydroxyl groups is 1. The van der Waals surface area contributed by atoms with Gasteiger partial charge < -0.3 is 29.9 Å². The van der Waals surface area contributed by atoms with Crippen LogP contribution in [0.4, 0.5) is 0 Å². The number of nitrogens with zero attached hydrogens (tertiary/aromatic N) is 9. The van der Waals surface area contributed by atoms with E-state index in [4.69, 9.17) is 4.74 Å². The van der Waals surface area contributed by atoms with E-state index in [1.165, 1.54) is 23.7 Å². The minimum absolute atomic E-state index is 0.0434. The Morgan fingerprint density at radius 1 is 1.07 bits per heavy atom. The fraction of sp³-hybridized carbons (Fsp3) is 0.400. The van der Waals surface area contributed by atoms with Crippen molar-refractivity contribution < 1.29 is 32.6 Å². The van der Waals surface area contributed by atoms with Crippen LogP contribution in [0.5, 0.6) is 5.75 Å². The Balaban J connectivity index is 0.918. The number of nitrogens with one attached hydrogen (secondary N) is 2. The van der Waals surface area contributed by atoms with Crippen LogP contribution in [0.1, 0.15) is 49.7 Å². The first kappa shape index (κ1) is 48.0. The number of hydrogen-bond acceptors (Lipinski definition) is 14. The third-order valence-electron chi connectivity index (χ3n) is 11.2. The van der Waals surface area contributed by atoms with E-state index in [0.717, 1.165) is 41.7 Å². The number of sulfone groups is 1. The summed E-state index contributed by atoms with van der Waals surface area (Å²) in [4.78, 5) is 77.7. The van der Waals surface area contributed by atoms with Crippen molar-refractivity contribution in [1.82, 2.24) is 54.2 Å². The van der Waals surface area contributed by atoms with Crippen LogP contribution in [0, 0.1) is 24.2 Å². The van der Waals surface area contributed by atoms with Gasteiger partial charge in [-0.05, 0) is 41.7 Å². The SMILES string of the molecule is Cc1ncsc1-c1ccc(CNC(=O)[C@@H]2C[C@@H](O)CN2C(=O)C(NC(=O)Cc2cn(CCOc3cccc(C#CCn4c(=O)n(C)c(=O)c5c4nc(S(C)(=O)=O)n5C)c3)nn2)C(C)(C)C)cc1. The molecule has 3 amide bonds. The number of hydrogen-bond donors (Lipinski definition) is 3. The maximum absolute atomic E-state index is 14.1. The van der Waals surface area contributed by atoms with E-state index in [1.54, 1.807) is 47.3 Å². The number of aryl methyl sites for hydroxylation is 2. The molecule has 352 valence electrons. The molecule has 1 fully saturated rings. The van der Waals surface area contributed by atoms with Crippen molar-refractivity contribution in [2.24, 2.45) is 19.5 Å². The molecule has 3 N–H and O–H groups in total. The number of carbonyl (C=O) groups excluding carboxylic acids is 3. The van der Waals surface area contributed by atoms with Crippen LogP contribution in [0.15, 0.2) is 75.0 Å². The molecule has 22 heteroatoms. The van der Waals surface area contributed by atoms with Crippen molar-refractivity contribution in [2.75, 3.05) is 19.4 Å². The summed E-state index contributed by atoms with van der Waals surface area (Å²) in [5, 5.41) is 24.3. The van der Waals surface area contributed by atoms with Gasteiger partial charge in [-0.15, -0.1) is 16.4 Å². The number of benzene rings is 2. The molecule has 1 unspecified atom stereocenters. The van der Waals surface area contributed by atoms with Crippen LogP contribution >= 0.6 is 11.3 Å². The van der Waals surface area contributed by atoms with Crippen molar-refractivity contribution in [2.45, 2.75) is 83.5 Å². The molecule has 5 heterocycles. The molecular weight excluding hydrogens is 903 g/mol. The van der Waals surface area contributed by atoms with Gasteiger partial charge in [-0.25, -0.2) is 22.9 Å². The number of thiazole rings is 1. The number of β-amino-alcohol motifs (C(OH)–C–C–N with tert-alkyl or cyclic N) is 1. The first-order chi connectivity index (χ1) is 31.7. The number of aliphatic hydroxyl groups excluding tert-OH is 1. The van der Waals surface area contributed by atoms with Crippen LogP contribution in [0.25, 0.3) is 21.6 Å². The van der Waals surface area contributed by atoms with Crippen molar-refractivity contribution in [3.63, 3.8) is 0 Å². The summed E-state index contributed by atoms with van der Waals surface area (Å²) in [7, 11) is -1.11. The van der Waals surface area contributed by atoms with Crippen molar-refractivity contribution in [3.8, 4) is 28.0 Å². The highest BCUT2D eigenvalue weighted by Gasteiger charge is 2.44. The van der Waals surface area contributed by atoms with E-state index in [1.807, 2.05) is 52.0 Å². The molecule has 0 radical (unpaired) electrons. The van der Waals surface area contributed by atoms with Gasteiger partial charge in [0.25, 0.3) is 5.56 Å². The minimum atomic E-state index is -3.80. The molecule has 67 heavy (non-hydrogen) atoms. The average Bonchev–Trinajstić information content (AvgIpc) is 4.08. The van der Waals surface area contributed by atoms with Crippen LogP contribution in [0.2, 0.25) is 0 Å². The molecule has 0 saturated carbocycles. The molecule has 4 aromatic heterocycles. The Morgan fingerprint density at radius 2 is 1.82 bits per heavy atom. The second-order valence-corrected chi connectivity index (χ2v) is 20.2. The predicted molar refractivity (Wildman–Crippen MR) is 248 cm³/mol. The first-order valence-electron chi connectivity index (χ1n) is 21.2. The molecule has 1 aliphatic heterocycles. The fourth-order valence-electron chi connectivity index (χ4n) is 7.71. The van der Waals surface area contributed by atoms with Gasteiger partial charge in [0, 0.05) is 51.6 Å². The van der Waals surface area contributed by atoms with E-state index in [2.05, 4.69) is 42.8 Å². The number of aromatic nitrogens is 8. The van der Waals surface area contributed by atoms with Crippen LogP contribution in [-0.2, 0) is 64.4 Å². The number of likely N-dealkylation sites (tertiary alicyclic amines) is 1. The zero-order valence-electron chi connectivity index (χ0n) is 38.0. The lowest BCUT2D eigenvalue weighted by molar-refractivity contribution is -0.144. The lowest BCUT2D eigenvalue weighted by Crippen LogP contribution is -2.58. The molecule has 3 atom stereocenters. The predicted octanol–water partition coefficient (Wildman–Crippen LogP) is 1.34. The van der Waals surface area contributed by atoms with Crippen molar-refractivity contribution in [3.05, 3.63) is 104 Å². The summed E-state index contributed by atoms with van der Waals surface area (Å²) in [6.07, 6.45) is 1.55. The molecule has 6 aromatic rings. The molecule has 7 rings (SSSR count). The Hall–Kier alpha value is -6.96. The number of rotatable bonds is 14. The van der Waals surface area contributed by atoms with Crippen molar-refractivity contribution in [1.29, 1.82) is 0 Å². The van der Waals surface area contributed by atoms with Crippen LogP contribution in [-0.4, -0.2) is 112 Å². The fourth-order valence-corrected chi connectivity index (χ4v) is 9.36. The third kappa shape index (κ3) is 10.9. The average molecular weight is 954 g/mol. The molecule has 0 bridgehead atoms. The number of imidazole rings is 1. The summed E-state index contributed by atoms with van der Waals surface area (Å²) in [6.45, 7) is 7.83. The molecule has 0 aliphatic carbocycles. The first-order valence-corrected chi connectivity index (χ1v) is 24.0. The standard InChI is InChI=1S/C45H51N11O9S2/c1-27-37(66-26-47-27)30-15-13-29(14-16-30)23-46-40(59)34-22-32(57)25-56(34)42(61)38(45(2,3)4)48-35(58)21-31-24-54(51-50-31)18-19-65-33-12-8-10-28(20-33)11-9-17-55-39-36(41(60)53(6)44(55)62)52(5)43(49-39)67(7,63)64/h8,10,12-16,20,24,26,32,34,38,57H,17-19,21-23,25H2,1-7H3,(H,46,59)(H,48,58)/t32-,34+,38?/m1/s1. The lowest BCUT2D eigenvalue weighted by Gasteiger charge is -2.35. The summed E-state index contributed by atoms with van der Waals surface area (Å²) in [6, 6.07) is 12.8. The Bertz CT molecular complexity index is 3150. The molecule has 1 aliphatic rings. The molecule has 0 spiro atoms. The highest BCUT2D eigenvalue weighted by molar-refractivity contribution is 7.90. The second kappa shape index (κ2) is 19.5. The van der Waals surface area contributed by atoms with Gasteiger partial charge in [0.2, 0.25) is 32.7 Å². The van der Waals surface area contributed by atoms with Gasteiger partial charge in [0.05, 0.1) is 47.4 Å². The number of ether oxygens (including phenoxy) is 1. The normalized spacial score (nSPS) is 15.6. The van der Waals surface area contributed by atoms with Crippen molar-refractivity contribution >= 4 is 50.1 Å². The van der Waals surface area contributed by atoms with E-state index >= 15 is 0 Å². The number of fused-ring (bicyclic) bond motifs is 1. The zero-order chi connectivity index (χ0) is 48.4. The largest absolute Gasteiger partial charge is 0.492 e. The number of carbonyl (C=O) groups is 3. The molecule has 20 nitrogen and oxygen atoms in total. The maximum atomic E-state index is 14.1. The van der Waals surface area contributed by atoms with Crippen LogP contribution < -0.4 is 26.6 Å². The summed E-state index contributed by atoms with van der Waals surface area (Å²) in [5.74, 6) is 5.00. The Kier molecular flexibility index (Phi) is 14.0. The van der Waals surface area contributed by atoms with Crippen LogP contribution in [0.3, 0.4) is 0 Å². The van der Waals surface area contributed by atoms with Gasteiger partial charge in [0.15, 0.2) is 11.2 Å². The van der Waals surface area contributed by atoms with Gasteiger partial charge >= 0.3 is 5.69 Å². The van der Waals surface area contributed by atoms with E-state index < -0.39 is 62.4 Å². The summed E-state index contributed by atoms with van der Waals surface area (Å²) in [5.41, 5.74) is 3.30. The van der Waals surface area contributed by atoms with E-state index in [-0.39, 0.29) is 61.9 Å². The summed E-state index contributed by atoms with van der Waals surface area (Å²) >= 11 is 1.56. The lowest BCUT2D eigenvalue weighted by atomic mass is 9.85. The monoisotopic (exact) mass is 953 g/mol. The zero-order valence-corrected chi connectivity index (χ0v) is 39.6. The smallest absolute Gasteiger partial charge is 0.333 e. The molecular formula is C45H51N11O9S2. The third-order valence-corrected chi connectivity index (χ3v) is 13.2. The van der Waals surface area contributed by atoms with Gasteiger partial charge in [-0.1, -0.05) is 68.2 Å². The highest BCUT2D eigenvalue weighted by Crippen LogP contribution is 2.28. The Labute approximate surface area is 389 Å². The van der Waals surface area contributed by atoms with Gasteiger partial charge in [-0.3, -0.25) is 28.3 Å².